The van der Waals surface area contributed by atoms with Crippen molar-refractivity contribution < 1.29 is 32.4 Å². The third kappa shape index (κ3) is 4.89. The van der Waals surface area contributed by atoms with Gasteiger partial charge in [0.25, 0.3) is 11.8 Å². The first-order valence-corrected chi connectivity index (χ1v) is 12.6. The summed E-state index contributed by atoms with van der Waals surface area (Å²) in [5.74, 6) is 2.92. The third-order valence-electron chi connectivity index (χ3n) is 5.82. The van der Waals surface area contributed by atoms with Gasteiger partial charge in [0, 0.05) is 11.1 Å². The number of aromatic nitrogens is 5. The van der Waals surface area contributed by atoms with Crippen LogP contribution in [-0.4, -0.2) is 46.6 Å². The molecule has 0 atom stereocenters. The fourth-order valence-electron chi connectivity index (χ4n) is 3.89. The van der Waals surface area contributed by atoms with Crippen molar-refractivity contribution in [1.29, 1.82) is 0 Å². The maximum atomic E-state index is 13.2. The number of thiazole rings is 1. The van der Waals surface area contributed by atoms with Gasteiger partial charge in [-0.15, -0.1) is 11.3 Å². The lowest BCUT2D eigenvalue weighted by Gasteiger charge is -2.12. The van der Waals surface area contributed by atoms with E-state index < -0.39 is 0 Å². The Labute approximate surface area is 230 Å². The minimum Gasteiger partial charge on any atom is -0.493 e. The Morgan fingerprint density at radius 2 is 1.50 bits per heavy atom. The minimum absolute atomic E-state index is 0.0881. The summed E-state index contributed by atoms with van der Waals surface area (Å²) in [6.45, 7) is 0.0881. The van der Waals surface area contributed by atoms with Crippen LogP contribution in [0.25, 0.3) is 44.0 Å². The second-order valence-electron chi connectivity index (χ2n) is 8.30. The molecule has 0 amide bonds. The highest BCUT2D eigenvalue weighted by atomic mass is 32.1. The maximum Gasteiger partial charge on any atom is 0.258 e. The molecule has 3 aromatic heterocycles. The Balaban J connectivity index is 1.19. The number of halogens is 1. The highest BCUT2D eigenvalue weighted by molar-refractivity contribution is 7.21. The lowest BCUT2D eigenvalue weighted by atomic mass is 10.2. The Morgan fingerprint density at radius 3 is 2.23 bits per heavy atom. The predicted octanol–water partition coefficient (Wildman–Crippen LogP) is 5.81. The summed E-state index contributed by atoms with van der Waals surface area (Å²) in [7, 11) is 4.60. The first-order valence-electron chi connectivity index (χ1n) is 11.8. The van der Waals surface area contributed by atoms with Gasteiger partial charge in [0.15, 0.2) is 23.1 Å². The van der Waals surface area contributed by atoms with Crippen LogP contribution in [-0.2, 0) is 6.61 Å². The van der Waals surface area contributed by atoms with E-state index in [1.165, 1.54) is 44.8 Å². The van der Waals surface area contributed by atoms with Crippen molar-refractivity contribution in [2.75, 3.05) is 21.3 Å². The summed E-state index contributed by atoms with van der Waals surface area (Å²) in [5, 5.41) is 8.62. The molecule has 0 aliphatic heterocycles. The Morgan fingerprint density at radius 1 is 0.775 bits per heavy atom. The number of nitrogens with zero attached hydrogens (tertiary/aromatic N) is 5. The molecule has 0 fully saturated rings. The van der Waals surface area contributed by atoms with Gasteiger partial charge in [-0.2, -0.15) is 9.97 Å². The van der Waals surface area contributed by atoms with Crippen molar-refractivity contribution in [3.63, 3.8) is 0 Å². The van der Waals surface area contributed by atoms with Crippen molar-refractivity contribution in [1.82, 2.24) is 25.3 Å². The molecule has 0 bridgehead atoms. The van der Waals surface area contributed by atoms with Gasteiger partial charge in [-0.3, -0.25) is 0 Å². The number of ether oxygens (including phenoxy) is 4. The van der Waals surface area contributed by atoms with Gasteiger partial charge >= 0.3 is 0 Å². The average Bonchev–Trinajstić information content (AvgIpc) is 3.75. The summed E-state index contributed by atoms with van der Waals surface area (Å²) in [4.78, 5) is 13.5. The van der Waals surface area contributed by atoms with E-state index >= 15 is 0 Å². The number of rotatable bonds is 9. The molecule has 0 aliphatic rings. The van der Waals surface area contributed by atoms with Gasteiger partial charge in [0.2, 0.25) is 17.4 Å². The molecule has 0 saturated carbocycles. The lowest BCUT2D eigenvalue weighted by Crippen LogP contribution is -1.97. The van der Waals surface area contributed by atoms with Crippen LogP contribution < -0.4 is 18.9 Å². The standard InChI is InChI=1S/C27H20FN5O6S/c1-34-19-10-15(11-20(35-2)23(19)36-3)26-31-24(33-39-26)27-29-18-9-8-17(12-21(18)40-27)37-13-22-30-25(38-32-22)14-4-6-16(28)7-5-14/h4-12H,13H2,1-3H3. The largest absolute Gasteiger partial charge is 0.493 e. The molecule has 0 N–H and O–H groups in total. The fourth-order valence-corrected chi connectivity index (χ4v) is 4.81. The highest BCUT2D eigenvalue weighted by Gasteiger charge is 2.20. The van der Waals surface area contributed by atoms with Crippen LogP contribution >= 0.6 is 11.3 Å². The number of hydrogen-bond acceptors (Lipinski definition) is 12. The van der Waals surface area contributed by atoms with Gasteiger partial charge in [-0.05, 0) is 54.6 Å². The molecule has 40 heavy (non-hydrogen) atoms. The molecule has 0 saturated heterocycles. The number of benzene rings is 3. The number of fused-ring (bicyclic) bond motifs is 1. The highest BCUT2D eigenvalue weighted by Crippen LogP contribution is 2.41. The Hall–Kier alpha value is -5.04. The van der Waals surface area contributed by atoms with Crippen molar-refractivity contribution in [2.24, 2.45) is 0 Å². The van der Waals surface area contributed by atoms with Crippen LogP contribution in [0.2, 0.25) is 0 Å². The third-order valence-corrected chi connectivity index (χ3v) is 6.83. The van der Waals surface area contributed by atoms with Crippen LogP contribution in [0.5, 0.6) is 23.0 Å². The molecule has 0 spiro atoms. The lowest BCUT2D eigenvalue weighted by molar-refractivity contribution is 0.287. The zero-order valence-corrected chi connectivity index (χ0v) is 22.2. The van der Waals surface area contributed by atoms with E-state index in [9.17, 15) is 4.39 Å². The summed E-state index contributed by atoms with van der Waals surface area (Å²) in [6, 6.07) is 14.8. The quantitative estimate of drug-likeness (QED) is 0.212. The molecular formula is C27H20FN5O6S. The van der Waals surface area contributed by atoms with Crippen molar-refractivity contribution in [3.8, 4) is 56.7 Å². The van der Waals surface area contributed by atoms with Crippen molar-refractivity contribution in [3.05, 3.63) is 66.2 Å². The summed E-state index contributed by atoms with van der Waals surface area (Å²) < 4.78 is 46.9. The topological polar surface area (TPSA) is 128 Å². The van der Waals surface area contributed by atoms with E-state index in [-0.39, 0.29) is 24.2 Å². The smallest absolute Gasteiger partial charge is 0.258 e. The first kappa shape index (κ1) is 25.2. The zero-order valence-electron chi connectivity index (χ0n) is 21.4. The van der Waals surface area contributed by atoms with Crippen LogP contribution in [0.3, 0.4) is 0 Å². The summed E-state index contributed by atoms with van der Waals surface area (Å²) in [5.41, 5.74) is 1.98. The normalized spacial score (nSPS) is 11.1. The van der Waals surface area contributed by atoms with Crippen LogP contribution in [0.15, 0.2) is 63.6 Å². The molecule has 13 heteroatoms. The number of methoxy groups -OCH3 is 3. The molecule has 6 rings (SSSR count). The summed E-state index contributed by atoms with van der Waals surface area (Å²) in [6.07, 6.45) is 0. The van der Waals surface area contributed by atoms with E-state index in [2.05, 4.69) is 25.3 Å². The SMILES string of the molecule is COc1cc(-c2nc(-c3nc4ccc(OCc5noc(-c6ccc(F)cc6)n5)cc4s3)no2)cc(OC)c1OC. The monoisotopic (exact) mass is 561 g/mol. The molecule has 0 radical (unpaired) electrons. The average molecular weight is 562 g/mol. The molecule has 11 nitrogen and oxygen atoms in total. The molecule has 3 heterocycles. The molecule has 0 unspecified atom stereocenters. The van der Waals surface area contributed by atoms with Crippen molar-refractivity contribution >= 4 is 21.6 Å². The van der Waals surface area contributed by atoms with Gasteiger partial charge in [0.05, 0.1) is 31.5 Å². The second kappa shape index (κ2) is 10.6. The van der Waals surface area contributed by atoms with Crippen LogP contribution in [0.4, 0.5) is 4.39 Å². The first-order chi connectivity index (χ1) is 19.5. The van der Waals surface area contributed by atoms with Gasteiger partial charge < -0.3 is 28.0 Å². The maximum absolute atomic E-state index is 13.2. The van der Waals surface area contributed by atoms with E-state index in [4.69, 9.17) is 28.0 Å². The second-order valence-corrected chi connectivity index (χ2v) is 9.33. The van der Waals surface area contributed by atoms with E-state index in [0.29, 0.717) is 50.8 Å². The Bertz CT molecular complexity index is 1770. The minimum atomic E-state index is -0.341. The van der Waals surface area contributed by atoms with Gasteiger partial charge in [-0.25, -0.2) is 9.37 Å². The van der Waals surface area contributed by atoms with Crippen molar-refractivity contribution in [2.45, 2.75) is 6.61 Å². The van der Waals surface area contributed by atoms with Crippen LogP contribution in [0, 0.1) is 5.82 Å². The number of hydrogen-bond donors (Lipinski definition) is 0. The summed E-state index contributed by atoms with van der Waals surface area (Å²) >= 11 is 1.39. The van der Waals surface area contributed by atoms with E-state index in [1.54, 1.807) is 30.3 Å². The van der Waals surface area contributed by atoms with Gasteiger partial charge in [0.1, 0.15) is 11.6 Å². The van der Waals surface area contributed by atoms with Crippen LogP contribution in [0.1, 0.15) is 5.82 Å². The molecule has 6 aromatic rings. The molecule has 0 aliphatic carbocycles. The predicted molar refractivity (Wildman–Crippen MR) is 142 cm³/mol. The van der Waals surface area contributed by atoms with E-state index in [1.807, 2.05) is 12.1 Å². The Kier molecular flexibility index (Phi) is 6.70. The fraction of sp³-hybridized carbons (Fsp3) is 0.148. The molecule has 202 valence electrons. The molecular weight excluding hydrogens is 541 g/mol. The zero-order chi connectivity index (χ0) is 27.6. The van der Waals surface area contributed by atoms with E-state index in [0.717, 1.165) is 10.2 Å². The van der Waals surface area contributed by atoms with Gasteiger partial charge in [-0.1, -0.05) is 10.3 Å². The molecule has 3 aromatic carbocycles.